The molecule has 0 aliphatic rings. The third kappa shape index (κ3) is 27.8. The second-order valence-corrected chi connectivity index (χ2v) is 11.3. The Morgan fingerprint density at radius 2 is 0.605 bits per heavy atom. The molecule has 0 aliphatic heterocycles. The molecule has 0 heterocycles. The average Bonchev–Trinajstić information content (AvgIpc) is 2.94. The van der Waals surface area contributed by atoms with E-state index in [2.05, 4.69) is 37.5 Å². The molecular weight excluding hydrogens is 694 g/mol. The van der Waals surface area contributed by atoms with Crippen LogP contribution >= 0.6 is 0 Å². The molecule has 5 heteroatoms. The second kappa shape index (κ2) is 35.3. The van der Waals surface area contributed by atoms with E-state index in [-0.39, 0.29) is 31.1 Å². The van der Waals surface area contributed by atoms with E-state index in [0.717, 1.165) is 26.2 Å². The summed E-state index contributed by atoms with van der Waals surface area (Å²) in [7, 11) is 0. The minimum absolute atomic E-state index is 0. The Balaban J connectivity index is -0.00000421. The monoisotopic (exact) mass is 767 g/mol. The molecular formula is C33H70N2O2U. The van der Waals surface area contributed by atoms with Crippen LogP contribution in [0.15, 0.2) is 0 Å². The second-order valence-electron chi connectivity index (χ2n) is 11.3. The number of carbonyl (C=O) groups excluding carboxylic acids is 1. The van der Waals surface area contributed by atoms with Crippen molar-refractivity contribution in [2.24, 2.45) is 0 Å². The van der Waals surface area contributed by atoms with Gasteiger partial charge in [0.25, 0.3) is 0 Å². The summed E-state index contributed by atoms with van der Waals surface area (Å²) in [6.07, 6.45) is 31.1. The van der Waals surface area contributed by atoms with Crippen molar-refractivity contribution < 1.29 is 42.8 Å². The van der Waals surface area contributed by atoms with Crippen molar-refractivity contribution in [3.63, 3.8) is 0 Å². The first-order valence-corrected chi connectivity index (χ1v) is 16.7. The van der Waals surface area contributed by atoms with Gasteiger partial charge in [-0.2, -0.15) is 0 Å². The van der Waals surface area contributed by atoms with Crippen LogP contribution in [-0.4, -0.2) is 47.5 Å². The molecule has 0 fully saturated rings. The first-order chi connectivity index (χ1) is 18.7. The van der Waals surface area contributed by atoms with E-state index < -0.39 is 0 Å². The van der Waals surface area contributed by atoms with E-state index in [1.54, 1.807) is 0 Å². The Hall–Kier alpha value is 0.282. The van der Waals surface area contributed by atoms with E-state index in [0.29, 0.717) is 6.03 Å². The maximum Gasteiger partial charge on any atom is 0.319 e. The Morgan fingerprint density at radius 3 is 0.816 bits per heavy atom. The van der Waals surface area contributed by atoms with E-state index in [4.69, 9.17) is 6.91 Å². The van der Waals surface area contributed by atoms with Gasteiger partial charge in [-0.05, 0) is 25.7 Å². The summed E-state index contributed by atoms with van der Waals surface area (Å²) < 4.78 is 4.75. The minimum atomic E-state index is 0. The van der Waals surface area contributed by atoms with Crippen molar-refractivity contribution in [3.8, 4) is 0 Å². The number of hydrogen-bond donors (Lipinski definition) is 0. The van der Waals surface area contributed by atoms with Gasteiger partial charge in [0.15, 0.2) is 0 Å². The molecule has 0 unspecified atom stereocenters. The number of rotatable bonds is 28. The molecule has 0 saturated carbocycles. The van der Waals surface area contributed by atoms with Crippen LogP contribution in [0.2, 0.25) is 0 Å². The largest absolute Gasteiger partial charge is 0.412 e. The first-order valence-electron chi connectivity index (χ1n) is 17.2. The quantitative estimate of drug-likeness (QED) is 0.0732. The number of hydrogen-bond acceptors (Lipinski definition) is 1. The van der Waals surface area contributed by atoms with Crippen LogP contribution in [0, 0.1) is 31.1 Å². The molecule has 0 aliphatic carbocycles. The number of nitrogens with zero attached hydrogens (tertiary/aromatic N) is 2. The zero-order valence-electron chi connectivity index (χ0n) is 27.5. The van der Waals surface area contributed by atoms with E-state index in [1.807, 2.05) is 0 Å². The van der Waals surface area contributed by atoms with Gasteiger partial charge in [0.1, 0.15) is 0 Å². The fraction of sp³-hybridized carbons (Fsp3) is 0.970. The number of carbonyl (C=O) groups is 1. The van der Waals surface area contributed by atoms with E-state index in [9.17, 15) is 4.79 Å². The number of unbranched alkanes of at least 4 members (excludes halogenated alkanes) is 20. The third-order valence-corrected chi connectivity index (χ3v) is 7.67. The molecule has 4 nitrogen and oxygen atoms in total. The molecule has 0 saturated heterocycles. The van der Waals surface area contributed by atoms with E-state index in [1.165, 1.54) is 154 Å². The molecule has 228 valence electrons. The van der Waals surface area contributed by atoms with Gasteiger partial charge in [0, 0.05) is 57.3 Å². The number of amides is 2. The van der Waals surface area contributed by atoms with Gasteiger partial charge in [0.05, 0.1) is 0 Å². The van der Waals surface area contributed by atoms with Gasteiger partial charge in [-0.3, -0.25) is 0 Å². The zero-order valence-corrected chi connectivity index (χ0v) is 30.7. The zero-order chi connectivity index (χ0) is 28.5. The summed E-state index contributed by atoms with van der Waals surface area (Å²) in [5.74, 6) is 0. The molecule has 38 heavy (non-hydrogen) atoms. The van der Waals surface area contributed by atoms with Gasteiger partial charge < -0.3 is 15.3 Å². The molecule has 0 bridgehead atoms. The Morgan fingerprint density at radius 1 is 0.421 bits per heavy atom. The summed E-state index contributed by atoms with van der Waals surface area (Å²) in [4.78, 5) is 18.2. The van der Waals surface area contributed by atoms with Crippen molar-refractivity contribution in [3.05, 3.63) is 0 Å². The van der Waals surface area contributed by atoms with Crippen LogP contribution in [0.3, 0.4) is 0 Å². The normalized spacial score (nSPS) is 10.8. The third-order valence-electron chi connectivity index (χ3n) is 7.67. The van der Waals surface area contributed by atoms with Gasteiger partial charge in [-0.15, -0.1) is 0 Å². The summed E-state index contributed by atoms with van der Waals surface area (Å²) in [6, 6.07) is 0.347. The molecule has 0 aromatic rings. The molecule has 0 atom stereocenters. The van der Waals surface area contributed by atoms with Crippen molar-refractivity contribution in [2.75, 3.05) is 26.2 Å². The van der Waals surface area contributed by atoms with Crippen LogP contribution < -0.4 is 0 Å². The van der Waals surface area contributed by atoms with Gasteiger partial charge in [-0.1, -0.05) is 156 Å². The topological polar surface area (TPSA) is 55.1 Å². The minimum Gasteiger partial charge on any atom is -0.412 e. The Bertz CT molecular complexity index is 387. The molecule has 0 spiro atoms. The van der Waals surface area contributed by atoms with Crippen LogP contribution in [0.25, 0.3) is 0 Å². The number of urea groups is 1. The maximum absolute atomic E-state index is 13.8. The van der Waals surface area contributed by atoms with Crippen molar-refractivity contribution in [2.45, 2.75) is 182 Å². The fourth-order valence-electron chi connectivity index (χ4n) is 5.14. The van der Waals surface area contributed by atoms with E-state index >= 15 is 0 Å². The Labute approximate surface area is 265 Å². The first kappa shape index (κ1) is 40.4. The van der Waals surface area contributed by atoms with Crippen LogP contribution in [0.4, 0.5) is 4.79 Å². The van der Waals surface area contributed by atoms with Crippen molar-refractivity contribution >= 4 is 6.03 Å². The summed E-state index contributed by atoms with van der Waals surface area (Å²) in [5, 5.41) is 0. The van der Waals surface area contributed by atoms with Crippen molar-refractivity contribution in [1.82, 2.24) is 9.80 Å². The maximum atomic E-state index is 13.8. The molecule has 0 aromatic carbocycles. The molecule has 2 N–H and O–H groups in total. The van der Waals surface area contributed by atoms with Crippen molar-refractivity contribution in [1.29, 1.82) is 0 Å². The summed E-state index contributed by atoms with van der Waals surface area (Å²) >= 11 is 0. The smallest absolute Gasteiger partial charge is 0.319 e. The molecule has 0 rings (SSSR count). The average molecular weight is 767 g/mol. The fourth-order valence-corrected chi connectivity index (χ4v) is 5.14. The van der Waals surface area contributed by atoms with Gasteiger partial charge in [0.2, 0.25) is 1.43 Å². The summed E-state index contributed by atoms with van der Waals surface area (Å²) in [5.41, 5.74) is 6.25. The standard InChI is InChI=1S/C33H68N2O.H2O.U/c1-5-9-13-17-21-25-29-34(30-26-22-18-14-10-6-2)33(36)35(31-27-23-19-15-11-7-3)32-28-24-20-16-12-8-4;;/h5-32H2,1-4H3;1H2;/i/hT. The van der Waals surface area contributed by atoms with Gasteiger partial charge in [-0.25, -0.2) is 4.79 Å². The molecule has 2 amide bonds. The SMILES string of the molecule is CCCCCCCCN(CCCCCCCC)C(=O)N(CCCCCCCC)CCCCCCCC.[3H]O.[U]. The predicted molar refractivity (Wildman–Crippen MR) is 166 cm³/mol. The van der Waals surface area contributed by atoms with Crippen LogP contribution in [0.5, 0.6) is 0 Å². The summed E-state index contributed by atoms with van der Waals surface area (Å²) in [6.45, 7) is 13.0. The Kier molecular flexibility index (Phi) is 37.6. The van der Waals surface area contributed by atoms with Gasteiger partial charge >= 0.3 is 6.03 Å². The predicted octanol–water partition coefficient (Wildman–Crippen LogP) is 10.3. The molecule has 0 aromatic heterocycles. The van der Waals surface area contributed by atoms with Crippen LogP contribution in [-0.2, 0) is 0 Å². The van der Waals surface area contributed by atoms with Crippen LogP contribution in [0.1, 0.15) is 183 Å². The molecule has 0 radical (unpaired) electrons.